The highest BCUT2D eigenvalue weighted by atomic mass is 32.2. The fourth-order valence-corrected chi connectivity index (χ4v) is 5.14. The molecule has 1 fully saturated rings. The molecule has 1 aromatic carbocycles. The van der Waals surface area contributed by atoms with E-state index in [1.165, 1.54) is 24.6 Å². The largest absolute Gasteiger partial charge is 0.352 e. The van der Waals surface area contributed by atoms with Crippen LogP contribution in [-0.4, -0.2) is 37.6 Å². The van der Waals surface area contributed by atoms with Gasteiger partial charge in [-0.1, -0.05) is 45.1 Å². The summed E-state index contributed by atoms with van der Waals surface area (Å²) in [5, 5.41) is 14.2. The lowest BCUT2D eigenvalue weighted by atomic mass is 9.96. The van der Waals surface area contributed by atoms with Crippen molar-refractivity contribution in [2.24, 2.45) is 0 Å². The van der Waals surface area contributed by atoms with Crippen LogP contribution in [-0.2, 0) is 14.8 Å². The van der Waals surface area contributed by atoms with Crippen molar-refractivity contribution in [1.82, 2.24) is 5.32 Å². The van der Waals surface area contributed by atoms with Gasteiger partial charge in [-0.3, -0.25) is 19.2 Å². The quantitative estimate of drug-likeness (QED) is 0.529. The molecule has 0 aliphatic heterocycles. The van der Waals surface area contributed by atoms with Gasteiger partial charge >= 0.3 is 0 Å². The Kier molecular flexibility index (Phi) is 8.01. The van der Waals surface area contributed by atoms with Crippen molar-refractivity contribution < 1.29 is 18.1 Å². The van der Waals surface area contributed by atoms with Crippen LogP contribution in [0.5, 0.6) is 0 Å². The van der Waals surface area contributed by atoms with Gasteiger partial charge in [0, 0.05) is 18.2 Å². The second-order valence-corrected chi connectivity index (χ2v) is 9.62. The zero-order chi connectivity index (χ0) is 21.6. The summed E-state index contributed by atoms with van der Waals surface area (Å²) in [6.45, 7) is 3.42. The maximum atomic E-state index is 13.1. The van der Waals surface area contributed by atoms with Crippen molar-refractivity contribution in [3.63, 3.8) is 0 Å². The Labute approximate surface area is 172 Å². The number of carbonyl (C=O) groups excluding carboxylic acids is 1. The second kappa shape index (κ2) is 10.0. The first-order chi connectivity index (χ1) is 13.6. The average Bonchev–Trinajstić information content (AvgIpc) is 2.61. The molecular formula is C20H31N3O5S. The van der Waals surface area contributed by atoms with Crippen LogP contribution in [0.15, 0.2) is 18.2 Å². The summed E-state index contributed by atoms with van der Waals surface area (Å²) in [6.07, 6.45) is 8.64. The van der Waals surface area contributed by atoms with E-state index < -0.39 is 21.0 Å². The summed E-state index contributed by atoms with van der Waals surface area (Å²) in [6, 6.07) is 3.13. The van der Waals surface area contributed by atoms with Crippen molar-refractivity contribution in [2.45, 2.75) is 77.3 Å². The molecule has 0 bridgehead atoms. The van der Waals surface area contributed by atoms with E-state index in [4.69, 9.17) is 0 Å². The molecule has 2 rings (SSSR count). The third-order valence-corrected chi connectivity index (χ3v) is 6.59. The minimum Gasteiger partial charge on any atom is -0.352 e. The van der Waals surface area contributed by atoms with Crippen LogP contribution in [0.4, 0.5) is 11.4 Å². The van der Waals surface area contributed by atoms with Gasteiger partial charge in [0.2, 0.25) is 15.9 Å². The van der Waals surface area contributed by atoms with E-state index in [1.807, 2.05) is 0 Å². The van der Waals surface area contributed by atoms with E-state index in [2.05, 4.69) is 5.32 Å². The van der Waals surface area contributed by atoms with Gasteiger partial charge in [0.25, 0.3) is 5.69 Å². The smallest absolute Gasteiger partial charge is 0.271 e. The Bertz CT molecular complexity index is 833. The highest BCUT2D eigenvalue weighted by Crippen LogP contribution is 2.30. The van der Waals surface area contributed by atoms with Gasteiger partial charge in [-0.2, -0.15) is 0 Å². The highest BCUT2D eigenvalue weighted by Gasteiger charge is 2.34. The van der Waals surface area contributed by atoms with Gasteiger partial charge in [-0.25, -0.2) is 8.42 Å². The van der Waals surface area contributed by atoms with Gasteiger partial charge in [0.15, 0.2) is 0 Å². The van der Waals surface area contributed by atoms with Gasteiger partial charge in [0.1, 0.15) is 6.04 Å². The lowest BCUT2D eigenvalue weighted by Gasteiger charge is -2.32. The third kappa shape index (κ3) is 6.16. The van der Waals surface area contributed by atoms with Crippen LogP contribution in [0, 0.1) is 17.0 Å². The van der Waals surface area contributed by atoms with Crippen molar-refractivity contribution in [3.05, 3.63) is 33.9 Å². The minimum absolute atomic E-state index is 0.0319. The van der Waals surface area contributed by atoms with E-state index in [-0.39, 0.29) is 29.7 Å². The minimum atomic E-state index is -3.84. The Morgan fingerprint density at radius 1 is 1.24 bits per heavy atom. The molecule has 1 aromatic rings. The monoisotopic (exact) mass is 425 g/mol. The molecule has 1 aliphatic carbocycles. The lowest BCUT2D eigenvalue weighted by molar-refractivity contribution is -0.384. The topological polar surface area (TPSA) is 110 Å². The number of nitrogens with one attached hydrogen (secondary N) is 1. The lowest BCUT2D eigenvalue weighted by Crippen LogP contribution is -2.51. The molecule has 162 valence electrons. The Morgan fingerprint density at radius 3 is 2.34 bits per heavy atom. The van der Waals surface area contributed by atoms with Crippen LogP contribution in [0.25, 0.3) is 0 Å². The molecule has 0 heterocycles. The average molecular weight is 426 g/mol. The van der Waals surface area contributed by atoms with Crippen molar-refractivity contribution >= 4 is 27.3 Å². The van der Waals surface area contributed by atoms with Crippen LogP contribution < -0.4 is 9.62 Å². The summed E-state index contributed by atoms with van der Waals surface area (Å²) in [4.78, 5) is 23.7. The van der Waals surface area contributed by atoms with Gasteiger partial charge in [-0.05, 0) is 31.7 Å². The molecule has 0 radical (unpaired) electrons. The Morgan fingerprint density at radius 2 is 1.83 bits per heavy atom. The zero-order valence-electron chi connectivity index (χ0n) is 17.4. The fourth-order valence-electron chi connectivity index (χ4n) is 3.88. The summed E-state index contributed by atoms with van der Waals surface area (Å²) < 4.78 is 26.3. The number of hydrogen-bond acceptors (Lipinski definition) is 5. The number of hydrogen-bond donors (Lipinski definition) is 1. The van der Waals surface area contributed by atoms with E-state index in [1.54, 1.807) is 13.8 Å². The molecule has 1 aliphatic rings. The molecule has 1 N–H and O–H groups in total. The zero-order valence-corrected chi connectivity index (χ0v) is 18.2. The van der Waals surface area contributed by atoms with Crippen molar-refractivity contribution in [1.29, 1.82) is 0 Å². The molecule has 1 saturated carbocycles. The molecule has 29 heavy (non-hydrogen) atoms. The maximum Gasteiger partial charge on any atom is 0.271 e. The molecular weight excluding hydrogens is 394 g/mol. The maximum absolute atomic E-state index is 13.1. The molecule has 0 aromatic heterocycles. The number of nitro groups is 1. The van der Waals surface area contributed by atoms with Crippen LogP contribution in [0.1, 0.15) is 63.9 Å². The first-order valence-corrected chi connectivity index (χ1v) is 12.0. The van der Waals surface area contributed by atoms with E-state index >= 15 is 0 Å². The molecule has 8 nitrogen and oxygen atoms in total. The summed E-state index contributed by atoms with van der Waals surface area (Å²) >= 11 is 0. The number of anilines is 1. The van der Waals surface area contributed by atoms with Crippen LogP contribution >= 0.6 is 0 Å². The molecule has 1 atom stereocenters. The van der Waals surface area contributed by atoms with Gasteiger partial charge < -0.3 is 5.32 Å². The number of sulfonamides is 1. The second-order valence-electron chi connectivity index (χ2n) is 7.76. The van der Waals surface area contributed by atoms with Crippen molar-refractivity contribution in [2.75, 3.05) is 10.6 Å². The summed E-state index contributed by atoms with van der Waals surface area (Å²) in [7, 11) is -3.84. The Balaban J connectivity index is 2.35. The third-order valence-electron chi connectivity index (χ3n) is 5.42. The van der Waals surface area contributed by atoms with E-state index in [0.29, 0.717) is 5.56 Å². The number of amides is 1. The Hall–Kier alpha value is -2.16. The van der Waals surface area contributed by atoms with Crippen molar-refractivity contribution in [3.8, 4) is 0 Å². The highest BCUT2D eigenvalue weighted by molar-refractivity contribution is 7.92. The molecule has 0 saturated heterocycles. The summed E-state index contributed by atoms with van der Waals surface area (Å²) in [5.74, 6) is -0.352. The van der Waals surface area contributed by atoms with E-state index in [9.17, 15) is 23.3 Å². The van der Waals surface area contributed by atoms with Gasteiger partial charge in [0.05, 0.1) is 16.9 Å². The molecule has 1 amide bonds. The standard InChI is InChI=1S/C20H31N3O5S/c1-4-18(20(24)21-16-10-8-6-5-7-9-11-16)22(29(3,27)28)19-14-17(23(25)26)13-12-15(19)2/h12-14,16,18H,4-11H2,1-3H3,(H,21,24)/t18-/m1/s1. The van der Waals surface area contributed by atoms with Gasteiger partial charge in [-0.15, -0.1) is 0 Å². The number of nitrogens with zero attached hydrogens (tertiary/aromatic N) is 2. The SMILES string of the molecule is CC[C@H](C(=O)NC1CCCCCCC1)N(c1cc([N+](=O)[O-])ccc1C)S(C)(=O)=O. The predicted octanol–water partition coefficient (Wildman–Crippen LogP) is 3.68. The first-order valence-electron chi connectivity index (χ1n) is 10.2. The number of rotatable bonds is 7. The molecule has 9 heteroatoms. The number of non-ortho nitro benzene ring substituents is 1. The predicted molar refractivity (Wildman–Crippen MR) is 113 cm³/mol. The van der Waals surface area contributed by atoms with Crippen LogP contribution in [0.2, 0.25) is 0 Å². The number of benzene rings is 1. The molecule has 0 unspecified atom stereocenters. The normalized spacial score (nSPS) is 17.1. The number of nitro benzene ring substituents is 1. The van der Waals surface area contributed by atoms with Crippen LogP contribution in [0.3, 0.4) is 0 Å². The number of carbonyl (C=O) groups is 1. The summed E-state index contributed by atoms with van der Waals surface area (Å²) in [5.41, 5.74) is 0.508. The molecule has 0 spiro atoms. The number of aryl methyl sites for hydroxylation is 1. The fraction of sp³-hybridized carbons (Fsp3) is 0.650. The van der Waals surface area contributed by atoms with E-state index in [0.717, 1.165) is 49.1 Å². The first kappa shape index (κ1) is 23.1.